The minimum atomic E-state index is -0.133. The molecule has 160 valence electrons. The van der Waals surface area contributed by atoms with Crippen molar-refractivity contribution in [1.29, 1.82) is 0 Å². The number of carbonyl (C=O) groups is 2. The molecule has 0 aliphatic carbocycles. The Morgan fingerprint density at radius 3 is 2.40 bits per heavy atom. The summed E-state index contributed by atoms with van der Waals surface area (Å²) in [5, 5.41) is 4.18. The highest BCUT2D eigenvalue weighted by atomic mass is 35.5. The van der Waals surface area contributed by atoms with Gasteiger partial charge in [-0.1, -0.05) is 36.2 Å². The molecule has 1 aliphatic heterocycles. The molecular weight excluding hydrogens is 423 g/mol. The minimum Gasteiger partial charge on any atom is -0.484 e. The molecule has 1 fully saturated rings. The van der Waals surface area contributed by atoms with Gasteiger partial charge in [-0.25, -0.2) is 0 Å². The summed E-state index contributed by atoms with van der Waals surface area (Å²) in [4.78, 5) is 26.2. The Morgan fingerprint density at radius 2 is 1.77 bits per heavy atom. The number of halogens is 2. The van der Waals surface area contributed by atoms with Gasteiger partial charge in [0.25, 0.3) is 5.91 Å². The molecule has 0 atom stereocenters. The van der Waals surface area contributed by atoms with E-state index in [-0.39, 0.29) is 24.3 Å². The Bertz CT molecular complexity index is 879. The van der Waals surface area contributed by atoms with Gasteiger partial charge in [-0.15, -0.1) is 0 Å². The molecule has 0 radical (unpaired) electrons. The largest absolute Gasteiger partial charge is 0.484 e. The van der Waals surface area contributed by atoms with Gasteiger partial charge in [-0.2, -0.15) is 0 Å². The molecule has 2 aromatic carbocycles. The summed E-state index contributed by atoms with van der Waals surface area (Å²) in [5.74, 6) is 0.533. The zero-order valence-corrected chi connectivity index (χ0v) is 18.5. The van der Waals surface area contributed by atoms with Gasteiger partial charge in [0.1, 0.15) is 5.75 Å². The summed E-state index contributed by atoms with van der Waals surface area (Å²) < 4.78 is 5.54. The average Bonchev–Trinajstić information content (AvgIpc) is 2.76. The number of ketones is 1. The SMILES string of the molecule is CCC(=O)c1ccc(OCC(=O)NC2CCN(Cc3ccc(Cl)c(Cl)c3)CC2)cc1. The number of benzene rings is 2. The van der Waals surface area contributed by atoms with Crippen LogP contribution in [-0.2, 0) is 11.3 Å². The van der Waals surface area contributed by atoms with E-state index in [0.29, 0.717) is 27.8 Å². The monoisotopic (exact) mass is 448 g/mol. The van der Waals surface area contributed by atoms with Gasteiger partial charge in [-0.3, -0.25) is 14.5 Å². The highest BCUT2D eigenvalue weighted by Gasteiger charge is 2.21. The first kappa shape index (κ1) is 22.6. The second kappa shape index (κ2) is 10.8. The Morgan fingerprint density at radius 1 is 1.07 bits per heavy atom. The van der Waals surface area contributed by atoms with Crippen LogP contribution in [0.5, 0.6) is 5.75 Å². The molecule has 0 unspecified atom stereocenters. The van der Waals surface area contributed by atoms with Crippen molar-refractivity contribution in [3.8, 4) is 5.75 Å². The van der Waals surface area contributed by atoms with Gasteiger partial charge in [0, 0.05) is 37.7 Å². The fourth-order valence-corrected chi connectivity index (χ4v) is 3.81. The Labute approximate surface area is 187 Å². The Hall–Kier alpha value is -2.08. The number of nitrogens with one attached hydrogen (secondary N) is 1. The van der Waals surface area contributed by atoms with Gasteiger partial charge in [-0.05, 0) is 54.8 Å². The van der Waals surface area contributed by atoms with Crippen LogP contribution in [0, 0.1) is 0 Å². The van der Waals surface area contributed by atoms with E-state index in [2.05, 4.69) is 10.2 Å². The van der Waals surface area contributed by atoms with E-state index < -0.39 is 0 Å². The van der Waals surface area contributed by atoms with Crippen LogP contribution in [0.15, 0.2) is 42.5 Å². The third-order valence-corrected chi connectivity index (χ3v) is 5.95. The molecule has 3 rings (SSSR count). The van der Waals surface area contributed by atoms with E-state index in [1.165, 1.54) is 0 Å². The molecular formula is C23H26Cl2N2O3. The number of ether oxygens (including phenoxy) is 1. The number of carbonyl (C=O) groups excluding carboxylic acids is 2. The molecule has 1 heterocycles. The van der Waals surface area contributed by atoms with E-state index in [1.54, 1.807) is 24.3 Å². The van der Waals surface area contributed by atoms with Crippen LogP contribution < -0.4 is 10.1 Å². The maximum Gasteiger partial charge on any atom is 0.258 e. The fourth-order valence-electron chi connectivity index (χ4n) is 3.49. The zero-order valence-electron chi connectivity index (χ0n) is 17.0. The molecule has 0 bridgehead atoms. The van der Waals surface area contributed by atoms with Gasteiger partial charge in [0.05, 0.1) is 10.0 Å². The van der Waals surface area contributed by atoms with Crippen molar-refractivity contribution < 1.29 is 14.3 Å². The predicted molar refractivity (Wildman–Crippen MR) is 119 cm³/mol. The van der Waals surface area contributed by atoms with Gasteiger partial charge >= 0.3 is 0 Å². The molecule has 0 saturated carbocycles. The minimum absolute atomic E-state index is 0.0371. The number of rotatable bonds is 8. The third-order valence-electron chi connectivity index (χ3n) is 5.21. The zero-order chi connectivity index (χ0) is 21.5. The lowest BCUT2D eigenvalue weighted by Gasteiger charge is -2.32. The van der Waals surface area contributed by atoms with Gasteiger partial charge in [0.2, 0.25) is 0 Å². The molecule has 1 aliphatic rings. The molecule has 0 aromatic heterocycles. The molecule has 2 aromatic rings. The lowest BCUT2D eigenvalue weighted by Crippen LogP contribution is -2.45. The number of amides is 1. The van der Waals surface area contributed by atoms with E-state index in [4.69, 9.17) is 27.9 Å². The van der Waals surface area contributed by atoms with Crippen molar-refractivity contribution in [2.75, 3.05) is 19.7 Å². The molecule has 7 heteroatoms. The maximum absolute atomic E-state index is 12.2. The number of Topliss-reactive ketones (excluding diaryl/α,β-unsaturated/α-hetero) is 1. The van der Waals surface area contributed by atoms with Crippen LogP contribution in [0.2, 0.25) is 10.0 Å². The number of hydrogen-bond donors (Lipinski definition) is 1. The van der Waals surface area contributed by atoms with Gasteiger partial charge < -0.3 is 10.1 Å². The standard InChI is InChI=1S/C23H26Cl2N2O3/c1-2-22(28)17-4-6-19(7-5-17)30-15-23(29)26-18-9-11-27(12-10-18)14-16-3-8-20(24)21(25)13-16/h3-8,13,18H,2,9-12,14-15H2,1H3,(H,26,29). The number of nitrogens with zero attached hydrogens (tertiary/aromatic N) is 1. The smallest absolute Gasteiger partial charge is 0.258 e. The molecule has 1 amide bonds. The predicted octanol–water partition coefficient (Wildman–Crippen LogP) is 4.75. The molecule has 5 nitrogen and oxygen atoms in total. The molecule has 1 saturated heterocycles. The summed E-state index contributed by atoms with van der Waals surface area (Å²) in [7, 11) is 0. The summed E-state index contributed by atoms with van der Waals surface area (Å²) in [6.45, 7) is 4.41. The normalized spacial score (nSPS) is 15.0. The van der Waals surface area contributed by atoms with Crippen molar-refractivity contribution in [3.05, 3.63) is 63.6 Å². The second-order valence-electron chi connectivity index (χ2n) is 7.46. The average molecular weight is 449 g/mol. The van der Waals surface area contributed by atoms with E-state index >= 15 is 0 Å². The quantitative estimate of drug-likeness (QED) is 0.592. The van der Waals surface area contributed by atoms with Crippen LogP contribution in [0.4, 0.5) is 0 Å². The molecule has 0 spiro atoms. The summed E-state index contributed by atoms with van der Waals surface area (Å²) in [5.41, 5.74) is 1.79. The van der Waals surface area contributed by atoms with Crippen LogP contribution >= 0.6 is 23.2 Å². The Balaban J connectivity index is 1.38. The van der Waals surface area contributed by atoms with Crippen LogP contribution in [0.25, 0.3) is 0 Å². The van der Waals surface area contributed by atoms with Crippen molar-refractivity contribution in [2.45, 2.75) is 38.8 Å². The van der Waals surface area contributed by atoms with E-state index in [9.17, 15) is 9.59 Å². The van der Waals surface area contributed by atoms with Gasteiger partial charge in [0.15, 0.2) is 12.4 Å². The van der Waals surface area contributed by atoms with Crippen molar-refractivity contribution >= 4 is 34.9 Å². The molecule has 1 N–H and O–H groups in total. The fraction of sp³-hybridized carbons (Fsp3) is 0.391. The third kappa shape index (κ3) is 6.46. The first-order valence-electron chi connectivity index (χ1n) is 10.2. The van der Waals surface area contributed by atoms with Crippen LogP contribution in [0.3, 0.4) is 0 Å². The number of hydrogen-bond acceptors (Lipinski definition) is 4. The van der Waals surface area contributed by atoms with Crippen molar-refractivity contribution in [1.82, 2.24) is 10.2 Å². The summed E-state index contributed by atoms with van der Waals surface area (Å²) in [6, 6.07) is 12.8. The second-order valence-corrected chi connectivity index (χ2v) is 8.27. The van der Waals surface area contributed by atoms with Crippen molar-refractivity contribution in [3.63, 3.8) is 0 Å². The topological polar surface area (TPSA) is 58.6 Å². The molecule has 30 heavy (non-hydrogen) atoms. The van der Waals surface area contributed by atoms with E-state index in [0.717, 1.165) is 38.0 Å². The highest BCUT2D eigenvalue weighted by Crippen LogP contribution is 2.24. The first-order chi connectivity index (χ1) is 14.4. The van der Waals surface area contributed by atoms with Crippen molar-refractivity contribution in [2.24, 2.45) is 0 Å². The first-order valence-corrected chi connectivity index (χ1v) is 10.9. The lowest BCUT2D eigenvalue weighted by molar-refractivity contribution is -0.124. The number of likely N-dealkylation sites (tertiary alicyclic amines) is 1. The maximum atomic E-state index is 12.2. The number of piperidine rings is 1. The van der Waals surface area contributed by atoms with Crippen LogP contribution in [-0.4, -0.2) is 42.3 Å². The highest BCUT2D eigenvalue weighted by molar-refractivity contribution is 6.42. The summed E-state index contributed by atoms with van der Waals surface area (Å²) >= 11 is 12.1. The van der Waals surface area contributed by atoms with Crippen LogP contribution in [0.1, 0.15) is 42.1 Å². The Kier molecular flexibility index (Phi) is 8.14. The van der Waals surface area contributed by atoms with E-state index in [1.807, 2.05) is 25.1 Å². The lowest BCUT2D eigenvalue weighted by atomic mass is 10.0. The summed E-state index contributed by atoms with van der Waals surface area (Å²) in [6.07, 6.45) is 2.25.